The maximum atomic E-state index is 12.7. The molecule has 4 rings (SSSR count). The number of hydrogen-bond donors (Lipinski definition) is 1. The number of rotatable bonds is 6. The summed E-state index contributed by atoms with van der Waals surface area (Å²) >= 11 is 1.41. The largest absolute Gasteiger partial charge is 0.372 e. The Morgan fingerprint density at radius 1 is 1.03 bits per heavy atom. The summed E-state index contributed by atoms with van der Waals surface area (Å²) in [6.07, 6.45) is 3.82. The second-order valence-electron chi connectivity index (χ2n) is 8.02. The minimum atomic E-state index is -0.297. The van der Waals surface area contributed by atoms with Gasteiger partial charge in [0, 0.05) is 37.1 Å². The van der Waals surface area contributed by atoms with Gasteiger partial charge >= 0.3 is 0 Å². The van der Waals surface area contributed by atoms with Crippen LogP contribution >= 0.6 is 11.8 Å². The molecule has 3 aromatic rings. The first-order valence-electron chi connectivity index (χ1n) is 10.8. The van der Waals surface area contributed by atoms with E-state index < -0.39 is 0 Å². The highest BCUT2D eigenvalue weighted by atomic mass is 32.2. The van der Waals surface area contributed by atoms with Gasteiger partial charge in [-0.2, -0.15) is 0 Å². The van der Waals surface area contributed by atoms with Crippen molar-refractivity contribution >= 4 is 29.0 Å². The molecule has 7 heteroatoms. The van der Waals surface area contributed by atoms with Gasteiger partial charge in [0.15, 0.2) is 11.0 Å². The van der Waals surface area contributed by atoms with E-state index in [0.717, 1.165) is 40.9 Å². The van der Waals surface area contributed by atoms with Crippen molar-refractivity contribution in [3.8, 4) is 11.4 Å². The summed E-state index contributed by atoms with van der Waals surface area (Å²) < 4.78 is 1.95. The predicted octanol–water partition coefficient (Wildman–Crippen LogP) is 4.90. The Bertz CT molecular complexity index is 1040. The van der Waals surface area contributed by atoms with Gasteiger partial charge in [0.1, 0.15) is 0 Å². The summed E-state index contributed by atoms with van der Waals surface area (Å²) in [5.74, 6) is 0.762. The summed E-state index contributed by atoms with van der Waals surface area (Å²) in [6.45, 7) is 6.18. The Kier molecular flexibility index (Phi) is 6.61. The van der Waals surface area contributed by atoms with Crippen LogP contribution in [0.4, 0.5) is 11.4 Å². The molecule has 1 unspecified atom stereocenters. The lowest BCUT2D eigenvalue weighted by molar-refractivity contribution is -0.115. The molecule has 162 valence electrons. The lowest BCUT2D eigenvalue weighted by Gasteiger charge is -2.28. The SMILES string of the molecule is Cc1ccccc1-c1nnc(SC(C)C(=O)Nc2ccc(N3CCCCC3)cc2)n1C. The van der Waals surface area contributed by atoms with Crippen molar-refractivity contribution in [3.63, 3.8) is 0 Å². The molecule has 1 atom stereocenters. The zero-order valence-electron chi connectivity index (χ0n) is 18.3. The molecule has 0 spiro atoms. The third-order valence-corrected chi connectivity index (χ3v) is 6.86. The molecule has 1 saturated heterocycles. The first-order valence-corrected chi connectivity index (χ1v) is 11.7. The maximum absolute atomic E-state index is 12.7. The average molecular weight is 436 g/mol. The lowest BCUT2D eigenvalue weighted by Crippen LogP contribution is -2.29. The topological polar surface area (TPSA) is 63.1 Å². The van der Waals surface area contributed by atoms with E-state index in [4.69, 9.17) is 0 Å². The molecule has 1 aromatic heterocycles. The highest BCUT2D eigenvalue weighted by Gasteiger charge is 2.20. The van der Waals surface area contributed by atoms with Crippen LogP contribution in [0.2, 0.25) is 0 Å². The van der Waals surface area contributed by atoms with Crippen LogP contribution in [0.15, 0.2) is 53.7 Å². The third kappa shape index (κ3) is 4.93. The van der Waals surface area contributed by atoms with E-state index in [-0.39, 0.29) is 11.2 Å². The Hall–Kier alpha value is -2.80. The third-order valence-electron chi connectivity index (χ3n) is 5.73. The summed E-state index contributed by atoms with van der Waals surface area (Å²) in [4.78, 5) is 15.2. The average Bonchev–Trinajstić information content (AvgIpc) is 3.15. The minimum Gasteiger partial charge on any atom is -0.372 e. The van der Waals surface area contributed by atoms with Crippen molar-refractivity contribution in [2.75, 3.05) is 23.3 Å². The van der Waals surface area contributed by atoms with Crippen LogP contribution in [0, 0.1) is 6.92 Å². The van der Waals surface area contributed by atoms with Crippen LogP contribution in [0.1, 0.15) is 31.7 Å². The van der Waals surface area contributed by atoms with Gasteiger partial charge < -0.3 is 14.8 Å². The zero-order chi connectivity index (χ0) is 21.8. The number of anilines is 2. The van der Waals surface area contributed by atoms with Gasteiger partial charge in [-0.05, 0) is 62.9 Å². The number of aryl methyl sites for hydroxylation is 1. The van der Waals surface area contributed by atoms with Crippen LogP contribution in [0.25, 0.3) is 11.4 Å². The normalized spacial score (nSPS) is 15.0. The van der Waals surface area contributed by atoms with Crippen molar-refractivity contribution in [1.29, 1.82) is 0 Å². The highest BCUT2D eigenvalue weighted by molar-refractivity contribution is 8.00. The summed E-state index contributed by atoms with van der Waals surface area (Å²) in [5, 5.41) is 12.1. The standard InChI is InChI=1S/C24H29N5OS/c1-17-9-5-6-10-21(17)22-26-27-24(28(22)3)31-18(2)23(30)25-19-11-13-20(14-12-19)29-15-7-4-8-16-29/h5-6,9-14,18H,4,7-8,15-16H2,1-3H3,(H,25,30). The van der Waals surface area contributed by atoms with E-state index in [1.807, 2.05) is 48.9 Å². The Labute approximate surface area is 188 Å². The van der Waals surface area contributed by atoms with E-state index in [0.29, 0.717) is 0 Å². The van der Waals surface area contributed by atoms with Gasteiger partial charge in [0.05, 0.1) is 5.25 Å². The summed E-state index contributed by atoms with van der Waals surface area (Å²) in [7, 11) is 1.94. The van der Waals surface area contributed by atoms with Gasteiger partial charge in [0.2, 0.25) is 5.91 Å². The van der Waals surface area contributed by atoms with Crippen LogP contribution < -0.4 is 10.2 Å². The summed E-state index contributed by atoms with van der Waals surface area (Å²) in [6, 6.07) is 16.3. The molecule has 1 N–H and O–H groups in total. The van der Waals surface area contributed by atoms with Crippen LogP contribution in [0.3, 0.4) is 0 Å². The van der Waals surface area contributed by atoms with Gasteiger partial charge in [-0.1, -0.05) is 36.0 Å². The molecule has 2 aromatic carbocycles. The number of nitrogens with zero attached hydrogens (tertiary/aromatic N) is 4. The van der Waals surface area contributed by atoms with Crippen molar-refractivity contribution in [2.45, 2.75) is 43.5 Å². The smallest absolute Gasteiger partial charge is 0.237 e. The van der Waals surface area contributed by atoms with E-state index in [1.165, 1.54) is 36.7 Å². The zero-order valence-corrected chi connectivity index (χ0v) is 19.2. The molecule has 2 heterocycles. The Balaban J connectivity index is 1.38. The number of piperidine rings is 1. The van der Waals surface area contributed by atoms with Crippen LogP contribution in [-0.2, 0) is 11.8 Å². The van der Waals surface area contributed by atoms with E-state index in [1.54, 1.807) is 0 Å². The molecule has 0 saturated carbocycles. The molecule has 1 aliphatic heterocycles. The fourth-order valence-electron chi connectivity index (χ4n) is 3.84. The number of carbonyl (C=O) groups excluding carboxylic acids is 1. The van der Waals surface area contributed by atoms with Crippen molar-refractivity contribution in [1.82, 2.24) is 14.8 Å². The molecule has 6 nitrogen and oxygen atoms in total. The second-order valence-corrected chi connectivity index (χ2v) is 9.33. The van der Waals surface area contributed by atoms with E-state index >= 15 is 0 Å². The maximum Gasteiger partial charge on any atom is 0.237 e. The predicted molar refractivity (Wildman–Crippen MR) is 128 cm³/mol. The quantitative estimate of drug-likeness (QED) is 0.558. The highest BCUT2D eigenvalue weighted by Crippen LogP contribution is 2.28. The van der Waals surface area contributed by atoms with Crippen LogP contribution in [-0.4, -0.2) is 39.0 Å². The van der Waals surface area contributed by atoms with E-state index in [2.05, 4.69) is 45.5 Å². The van der Waals surface area contributed by atoms with Gasteiger partial charge in [-0.25, -0.2) is 0 Å². The molecule has 1 fully saturated rings. The van der Waals surface area contributed by atoms with Gasteiger partial charge in [0.25, 0.3) is 0 Å². The molecular formula is C24H29N5OS. The van der Waals surface area contributed by atoms with Gasteiger partial charge in [-0.15, -0.1) is 10.2 Å². The number of nitrogens with one attached hydrogen (secondary N) is 1. The fraction of sp³-hybridized carbons (Fsp3) is 0.375. The number of hydrogen-bond acceptors (Lipinski definition) is 5. The fourth-order valence-corrected chi connectivity index (χ4v) is 4.65. The summed E-state index contributed by atoms with van der Waals surface area (Å²) in [5.41, 5.74) is 4.24. The number of amides is 1. The molecule has 0 bridgehead atoms. The van der Waals surface area contributed by atoms with Crippen molar-refractivity contribution in [3.05, 3.63) is 54.1 Å². The lowest BCUT2D eigenvalue weighted by atomic mass is 10.1. The molecule has 31 heavy (non-hydrogen) atoms. The molecule has 0 aliphatic carbocycles. The first kappa shape index (κ1) is 21.4. The minimum absolute atomic E-state index is 0.0452. The Morgan fingerprint density at radius 2 is 1.74 bits per heavy atom. The number of thioether (sulfide) groups is 1. The number of benzene rings is 2. The van der Waals surface area contributed by atoms with Crippen LogP contribution in [0.5, 0.6) is 0 Å². The number of carbonyl (C=O) groups is 1. The second kappa shape index (κ2) is 9.56. The number of aromatic nitrogens is 3. The van der Waals surface area contributed by atoms with Crippen molar-refractivity contribution < 1.29 is 4.79 Å². The Morgan fingerprint density at radius 3 is 2.45 bits per heavy atom. The van der Waals surface area contributed by atoms with Crippen molar-refractivity contribution in [2.24, 2.45) is 7.05 Å². The van der Waals surface area contributed by atoms with E-state index in [9.17, 15) is 4.79 Å². The molecule has 0 radical (unpaired) electrons. The molecule has 1 aliphatic rings. The van der Waals surface area contributed by atoms with Gasteiger partial charge in [-0.3, -0.25) is 4.79 Å². The monoisotopic (exact) mass is 435 g/mol. The molecular weight excluding hydrogens is 406 g/mol. The molecule has 1 amide bonds. The first-order chi connectivity index (χ1) is 15.0.